The molecule has 0 aliphatic carbocycles. The number of likely N-dealkylation sites (N-methyl/N-ethyl adjacent to an activating group) is 1. The number of allylic oxidation sites excluding steroid dienone is 2. The molecule has 23 heavy (non-hydrogen) atoms. The van der Waals surface area contributed by atoms with Gasteiger partial charge in [-0.1, -0.05) is 38.1 Å². The number of para-hydroxylation sites is 1. The van der Waals surface area contributed by atoms with Crippen LogP contribution < -0.4 is 5.73 Å². The van der Waals surface area contributed by atoms with Crippen LogP contribution in [0.1, 0.15) is 31.9 Å². The fourth-order valence-electron chi connectivity index (χ4n) is 3.04. The average molecular weight is 312 g/mol. The summed E-state index contributed by atoms with van der Waals surface area (Å²) in [7, 11) is 4.22. The summed E-state index contributed by atoms with van der Waals surface area (Å²) >= 11 is 0. The third kappa shape index (κ3) is 4.02. The first kappa shape index (κ1) is 17.3. The number of hydrogen-bond acceptors (Lipinski definition) is 4. The second-order valence-corrected chi connectivity index (χ2v) is 5.89. The molecule has 0 saturated carbocycles. The molecule has 124 valence electrons. The van der Waals surface area contributed by atoms with Gasteiger partial charge < -0.3 is 15.5 Å². The van der Waals surface area contributed by atoms with Gasteiger partial charge >= 0.3 is 0 Å². The summed E-state index contributed by atoms with van der Waals surface area (Å²) in [5, 5.41) is 0. The normalized spacial score (nSPS) is 22.3. The quantitative estimate of drug-likeness (QED) is 0.869. The SMILES string of the molecule is CC.CN(C)CC1CC(c2ccccc2N)N=C2C=CC=CN21. The molecule has 0 saturated heterocycles. The molecular weight excluding hydrogens is 284 g/mol. The number of rotatable bonds is 3. The fraction of sp³-hybridized carbons (Fsp3) is 0.421. The Hall–Kier alpha value is -2.07. The van der Waals surface area contributed by atoms with E-state index in [-0.39, 0.29) is 6.04 Å². The van der Waals surface area contributed by atoms with Crippen molar-refractivity contribution in [2.75, 3.05) is 26.4 Å². The Morgan fingerprint density at radius 1 is 1.22 bits per heavy atom. The number of nitrogen functional groups attached to an aromatic ring is 1. The van der Waals surface area contributed by atoms with E-state index in [1.54, 1.807) is 0 Å². The molecule has 4 heteroatoms. The number of hydrogen-bond donors (Lipinski definition) is 1. The summed E-state index contributed by atoms with van der Waals surface area (Å²) in [6.07, 6.45) is 9.29. The lowest BCUT2D eigenvalue weighted by Gasteiger charge is -2.39. The Labute approximate surface area is 140 Å². The van der Waals surface area contributed by atoms with Crippen molar-refractivity contribution >= 4 is 11.5 Å². The van der Waals surface area contributed by atoms with Gasteiger partial charge in [0.2, 0.25) is 0 Å². The van der Waals surface area contributed by atoms with Crippen LogP contribution in [-0.4, -0.2) is 42.3 Å². The van der Waals surface area contributed by atoms with Crippen LogP contribution in [0.25, 0.3) is 0 Å². The van der Waals surface area contributed by atoms with E-state index in [0.29, 0.717) is 6.04 Å². The molecule has 2 N–H and O–H groups in total. The molecule has 0 amide bonds. The highest BCUT2D eigenvalue weighted by Crippen LogP contribution is 2.33. The lowest BCUT2D eigenvalue weighted by molar-refractivity contribution is 0.250. The first-order valence-corrected chi connectivity index (χ1v) is 8.35. The summed E-state index contributed by atoms with van der Waals surface area (Å²) in [6.45, 7) is 5.00. The third-order valence-corrected chi connectivity index (χ3v) is 3.98. The summed E-state index contributed by atoms with van der Waals surface area (Å²) in [6, 6.07) is 8.61. The van der Waals surface area contributed by atoms with Gasteiger partial charge in [0.1, 0.15) is 5.84 Å². The minimum absolute atomic E-state index is 0.138. The smallest absolute Gasteiger partial charge is 0.128 e. The second kappa shape index (κ2) is 7.97. The largest absolute Gasteiger partial charge is 0.398 e. The number of fused-ring (bicyclic) bond motifs is 1. The maximum absolute atomic E-state index is 6.14. The van der Waals surface area contributed by atoms with Crippen molar-refractivity contribution in [1.82, 2.24) is 9.80 Å². The van der Waals surface area contributed by atoms with Crippen LogP contribution in [0.5, 0.6) is 0 Å². The van der Waals surface area contributed by atoms with Crippen molar-refractivity contribution in [3.63, 3.8) is 0 Å². The molecule has 2 atom stereocenters. The van der Waals surface area contributed by atoms with Crippen LogP contribution in [0, 0.1) is 0 Å². The molecular formula is C19H28N4. The molecule has 1 aromatic rings. The van der Waals surface area contributed by atoms with Crippen LogP contribution in [0.3, 0.4) is 0 Å². The maximum Gasteiger partial charge on any atom is 0.128 e. The number of anilines is 1. The third-order valence-electron chi connectivity index (χ3n) is 3.98. The van der Waals surface area contributed by atoms with E-state index in [1.807, 2.05) is 38.1 Å². The minimum atomic E-state index is 0.138. The zero-order valence-corrected chi connectivity index (χ0v) is 14.6. The highest BCUT2D eigenvalue weighted by molar-refractivity contribution is 5.95. The van der Waals surface area contributed by atoms with Gasteiger partial charge in [0.05, 0.1) is 12.1 Å². The van der Waals surface area contributed by atoms with E-state index < -0.39 is 0 Å². The predicted molar refractivity (Wildman–Crippen MR) is 99.5 cm³/mol. The zero-order chi connectivity index (χ0) is 16.8. The average Bonchev–Trinajstić information content (AvgIpc) is 2.56. The lowest BCUT2D eigenvalue weighted by Crippen LogP contribution is -2.46. The molecule has 2 heterocycles. The van der Waals surface area contributed by atoms with Crippen molar-refractivity contribution in [2.45, 2.75) is 32.4 Å². The summed E-state index contributed by atoms with van der Waals surface area (Å²) < 4.78 is 0. The molecule has 0 radical (unpaired) electrons. The predicted octanol–water partition coefficient (Wildman–Crippen LogP) is 3.45. The van der Waals surface area contributed by atoms with Gasteiger partial charge in [-0.05, 0) is 44.3 Å². The van der Waals surface area contributed by atoms with Gasteiger partial charge in [0.25, 0.3) is 0 Å². The van der Waals surface area contributed by atoms with E-state index in [2.05, 4.69) is 48.3 Å². The topological polar surface area (TPSA) is 44.9 Å². The molecule has 4 nitrogen and oxygen atoms in total. The summed E-state index contributed by atoms with van der Waals surface area (Å²) in [4.78, 5) is 9.40. The molecule has 0 fully saturated rings. The lowest BCUT2D eigenvalue weighted by atomic mass is 9.94. The first-order chi connectivity index (χ1) is 11.1. The van der Waals surface area contributed by atoms with Gasteiger partial charge in [-0.2, -0.15) is 0 Å². The Bertz CT molecular complexity index is 601. The minimum Gasteiger partial charge on any atom is -0.398 e. The van der Waals surface area contributed by atoms with E-state index in [1.165, 1.54) is 0 Å². The Balaban J connectivity index is 0.000000924. The van der Waals surface area contributed by atoms with Crippen LogP contribution in [0.2, 0.25) is 0 Å². The highest BCUT2D eigenvalue weighted by atomic mass is 15.3. The number of nitrogens with zero attached hydrogens (tertiary/aromatic N) is 3. The molecule has 2 aliphatic heterocycles. The zero-order valence-electron chi connectivity index (χ0n) is 14.6. The van der Waals surface area contributed by atoms with Crippen LogP contribution in [-0.2, 0) is 0 Å². The Morgan fingerprint density at radius 3 is 2.65 bits per heavy atom. The van der Waals surface area contributed by atoms with Crippen LogP contribution >= 0.6 is 0 Å². The van der Waals surface area contributed by atoms with Crippen LogP contribution in [0.4, 0.5) is 5.69 Å². The molecule has 0 bridgehead atoms. The Morgan fingerprint density at radius 2 is 1.96 bits per heavy atom. The second-order valence-electron chi connectivity index (χ2n) is 5.89. The molecule has 1 aromatic carbocycles. The van der Waals surface area contributed by atoms with Crippen molar-refractivity contribution < 1.29 is 0 Å². The van der Waals surface area contributed by atoms with Gasteiger partial charge in [-0.15, -0.1) is 0 Å². The number of aliphatic imine (C=N–C) groups is 1. The van der Waals surface area contributed by atoms with E-state index in [4.69, 9.17) is 10.7 Å². The molecule has 2 aliphatic rings. The monoisotopic (exact) mass is 312 g/mol. The first-order valence-electron chi connectivity index (χ1n) is 8.35. The number of benzene rings is 1. The van der Waals surface area contributed by atoms with E-state index in [9.17, 15) is 0 Å². The van der Waals surface area contributed by atoms with Gasteiger partial charge in [0.15, 0.2) is 0 Å². The summed E-state index contributed by atoms with van der Waals surface area (Å²) in [5.74, 6) is 1.03. The fourth-order valence-corrected chi connectivity index (χ4v) is 3.04. The van der Waals surface area contributed by atoms with Gasteiger partial charge in [-0.3, -0.25) is 4.99 Å². The number of amidine groups is 1. The van der Waals surface area contributed by atoms with Gasteiger partial charge in [-0.25, -0.2) is 0 Å². The maximum atomic E-state index is 6.14. The van der Waals surface area contributed by atoms with Crippen molar-refractivity contribution in [2.24, 2.45) is 4.99 Å². The Kier molecular flexibility index (Phi) is 5.99. The standard InChI is InChI=1S/C17H22N4.C2H6/c1-20(2)12-13-11-16(14-7-3-4-8-15(14)18)19-17-9-5-6-10-21(13)17;1-2/h3-10,13,16H,11-12,18H2,1-2H3;1-2H3. The molecule has 2 unspecified atom stereocenters. The van der Waals surface area contributed by atoms with Crippen molar-refractivity contribution in [3.05, 3.63) is 54.3 Å². The van der Waals surface area contributed by atoms with Crippen molar-refractivity contribution in [1.29, 1.82) is 0 Å². The molecule has 3 rings (SSSR count). The molecule has 0 aromatic heterocycles. The van der Waals surface area contributed by atoms with E-state index in [0.717, 1.165) is 30.1 Å². The highest BCUT2D eigenvalue weighted by Gasteiger charge is 2.30. The van der Waals surface area contributed by atoms with Gasteiger partial charge in [0, 0.05) is 18.4 Å². The van der Waals surface area contributed by atoms with E-state index >= 15 is 0 Å². The number of nitrogens with two attached hydrogens (primary N) is 1. The summed E-state index contributed by atoms with van der Waals surface area (Å²) in [5.41, 5.74) is 8.11. The van der Waals surface area contributed by atoms with Crippen molar-refractivity contribution in [3.8, 4) is 0 Å². The molecule has 0 spiro atoms. The van der Waals surface area contributed by atoms with Crippen LogP contribution in [0.15, 0.2) is 53.7 Å².